The Bertz CT molecular complexity index is 647. The highest BCUT2D eigenvalue weighted by atomic mass is 16.5. The van der Waals surface area contributed by atoms with Crippen molar-refractivity contribution in [1.29, 1.82) is 0 Å². The molecule has 2 rings (SSSR count). The Kier molecular flexibility index (Phi) is 6.00. The van der Waals surface area contributed by atoms with Crippen LogP contribution in [0.5, 0.6) is 0 Å². The van der Waals surface area contributed by atoms with E-state index in [0.29, 0.717) is 19.8 Å². The van der Waals surface area contributed by atoms with Crippen molar-refractivity contribution in [1.82, 2.24) is 0 Å². The summed E-state index contributed by atoms with van der Waals surface area (Å²) in [5.41, 5.74) is 4.73. The van der Waals surface area contributed by atoms with Gasteiger partial charge in [-0.25, -0.2) is 0 Å². The van der Waals surface area contributed by atoms with Crippen molar-refractivity contribution >= 4 is 24.9 Å². The number of carbonyl (C=O) groups is 1. The van der Waals surface area contributed by atoms with Crippen LogP contribution in [0, 0.1) is 13.8 Å². The molecule has 1 amide bonds. The largest absolute Gasteiger partial charge is 0.375 e. The van der Waals surface area contributed by atoms with Crippen molar-refractivity contribution in [3.05, 3.63) is 59.2 Å². The van der Waals surface area contributed by atoms with Crippen LogP contribution in [0.15, 0.2) is 42.5 Å². The highest BCUT2D eigenvalue weighted by molar-refractivity contribution is 6.34. The zero-order valence-corrected chi connectivity index (χ0v) is 14.0. The lowest BCUT2D eigenvalue weighted by Crippen LogP contribution is -2.32. The van der Waals surface area contributed by atoms with Gasteiger partial charge in [-0.15, -0.1) is 0 Å². The summed E-state index contributed by atoms with van der Waals surface area (Å²) in [5.74, 6) is -0.00289. The molecule has 0 heterocycles. The molecule has 118 valence electrons. The molecular formula is C19H22BNO2. The molecular weight excluding hydrogens is 285 g/mol. The molecule has 2 aromatic carbocycles. The number of amides is 1. The second kappa shape index (κ2) is 7.98. The number of rotatable bonds is 6. The minimum atomic E-state index is -0.00289. The maximum absolute atomic E-state index is 12.0. The van der Waals surface area contributed by atoms with Crippen LogP contribution in [-0.2, 0) is 16.1 Å². The van der Waals surface area contributed by atoms with Crippen molar-refractivity contribution in [2.75, 3.05) is 18.1 Å². The third kappa shape index (κ3) is 4.70. The number of hydrogen-bond donors (Lipinski definition) is 0. The standard InChI is InChI=1S/C19H22BNO2/c1-14-11-18(12-15(2)19(14)20)21(16(3)22)9-10-23-13-17-7-5-4-6-8-17/h4-8,11-12H,9-10,13H2,1-3H3. The van der Waals surface area contributed by atoms with Crippen LogP contribution in [0.4, 0.5) is 5.69 Å². The Morgan fingerprint density at radius 2 is 1.74 bits per heavy atom. The zero-order chi connectivity index (χ0) is 16.8. The molecule has 0 atom stereocenters. The number of ether oxygens (including phenoxy) is 1. The highest BCUT2D eigenvalue weighted by Crippen LogP contribution is 2.17. The van der Waals surface area contributed by atoms with Crippen LogP contribution in [0.3, 0.4) is 0 Å². The van der Waals surface area contributed by atoms with Crippen molar-refractivity contribution < 1.29 is 9.53 Å². The molecule has 2 radical (unpaired) electrons. The van der Waals surface area contributed by atoms with E-state index in [1.54, 1.807) is 11.8 Å². The number of benzene rings is 2. The molecule has 0 saturated heterocycles. The first-order chi connectivity index (χ1) is 11.0. The summed E-state index contributed by atoms with van der Waals surface area (Å²) in [6.07, 6.45) is 0. The molecule has 0 unspecified atom stereocenters. The lowest BCUT2D eigenvalue weighted by Gasteiger charge is -2.23. The Morgan fingerprint density at radius 3 is 2.30 bits per heavy atom. The Morgan fingerprint density at radius 1 is 1.13 bits per heavy atom. The smallest absolute Gasteiger partial charge is 0.223 e. The van der Waals surface area contributed by atoms with Crippen molar-refractivity contribution in [2.24, 2.45) is 0 Å². The SMILES string of the molecule is [B]c1c(C)cc(N(CCOCc2ccccc2)C(C)=O)cc1C. The van der Waals surface area contributed by atoms with Gasteiger partial charge in [0.15, 0.2) is 0 Å². The van der Waals surface area contributed by atoms with Crippen LogP contribution < -0.4 is 10.4 Å². The first-order valence-electron chi connectivity index (χ1n) is 7.75. The molecule has 0 aliphatic heterocycles. The quantitative estimate of drug-likeness (QED) is 0.606. The molecule has 0 aliphatic rings. The summed E-state index contributed by atoms with van der Waals surface area (Å²) in [5, 5.41) is 0. The van der Waals surface area contributed by atoms with Gasteiger partial charge in [-0.1, -0.05) is 46.9 Å². The van der Waals surface area contributed by atoms with E-state index in [0.717, 1.165) is 27.8 Å². The van der Waals surface area contributed by atoms with E-state index in [9.17, 15) is 4.79 Å². The fourth-order valence-corrected chi connectivity index (χ4v) is 2.50. The van der Waals surface area contributed by atoms with Gasteiger partial charge in [-0.2, -0.15) is 0 Å². The fourth-order valence-electron chi connectivity index (χ4n) is 2.50. The average Bonchev–Trinajstić information content (AvgIpc) is 2.52. The summed E-state index contributed by atoms with van der Waals surface area (Å²) < 4.78 is 5.69. The van der Waals surface area contributed by atoms with Gasteiger partial charge in [0.1, 0.15) is 7.85 Å². The lowest BCUT2D eigenvalue weighted by atomic mass is 9.86. The predicted octanol–water partition coefficient (Wildman–Crippen LogP) is 2.67. The molecule has 0 N–H and O–H groups in total. The topological polar surface area (TPSA) is 29.5 Å². The monoisotopic (exact) mass is 307 g/mol. The summed E-state index contributed by atoms with van der Waals surface area (Å²) in [4.78, 5) is 13.7. The zero-order valence-electron chi connectivity index (χ0n) is 14.0. The minimum Gasteiger partial charge on any atom is -0.375 e. The Balaban J connectivity index is 1.98. The van der Waals surface area contributed by atoms with Crippen LogP contribution in [0.25, 0.3) is 0 Å². The maximum Gasteiger partial charge on any atom is 0.223 e. The highest BCUT2D eigenvalue weighted by Gasteiger charge is 2.13. The normalized spacial score (nSPS) is 10.6. The summed E-state index contributed by atoms with van der Waals surface area (Å²) >= 11 is 0. The van der Waals surface area contributed by atoms with Gasteiger partial charge in [-0.05, 0) is 31.5 Å². The molecule has 3 nitrogen and oxygen atoms in total. The second-order valence-electron chi connectivity index (χ2n) is 5.70. The summed E-state index contributed by atoms with van der Waals surface area (Å²) in [6.45, 7) is 7.03. The van der Waals surface area contributed by atoms with E-state index in [4.69, 9.17) is 12.6 Å². The number of anilines is 1. The number of aryl methyl sites for hydroxylation is 2. The van der Waals surface area contributed by atoms with Gasteiger partial charge < -0.3 is 9.64 Å². The van der Waals surface area contributed by atoms with E-state index in [1.165, 1.54) is 0 Å². The van der Waals surface area contributed by atoms with Gasteiger partial charge in [0, 0.05) is 19.2 Å². The molecule has 23 heavy (non-hydrogen) atoms. The number of carbonyl (C=O) groups excluding carboxylic acids is 1. The summed E-state index contributed by atoms with van der Waals surface area (Å²) in [6, 6.07) is 13.9. The maximum atomic E-state index is 12.0. The van der Waals surface area contributed by atoms with Gasteiger partial charge in [-0.3, -0.25) is 4.79 Å². The molecule has 0 aromatic heterocycles. The van der Waals surface area contributed by atoms with Gasteiger partial charge in [0.25, 0.3) is 0 Å². The average molecular weight is 307 g/mol. The molecule has 0 spiro atoms. The second-order valence-corrected chi connectivity index (χ2v) is 5.70. The minimum absolute atomic E-state index is 0.00289. The third-order valence-electron chi connectivity index (χ3n) is 3.84. The number of nitrogens with zero attached hydrogens (tertiary/aromatic N) is 1. The molecule has 4 heteroatoms. The lowest BCUT2D eigenvalue weighted by molar-refractivity contribution is -0.116. The van der Waals surface area contributed by atoms with Crippen molar-refractivity contribution in [3.8, 4) is 0 Å². The van der Waals surface area contributed by atoms with E-state index in [2.05, 4.69) is 0 Å². The Hall–Kier alpha value is -2.07. The van der Waals surface area contributed by atoms with Crippen LogP contribution >= 0.6 is 0 Å². The Labute approximate surface area is 139 Å². The molecule has 0 fully saturated rings. The van der Waals surface area contributed by atoms with E-state index >= 15 is 0 Å². The van der Waals surface area contributed by atoms with Gasteiger partial charge >= 0.3 is 0 Å². The van der Waals surface area contributed by atoms with Crippen molar-refractivity contribution in [3.63, 3.8) is 0 Å². The van der Waals surface area contributed by atoms with Gasteiger partial charge in [0.2, 0.25) is 5.91 Å². The van der Waals surface area contributed by atoms with E-state index < -0.39 is 0 Å². The van der Waals surface area contributed by atoms with Crippen LogP contribution in [-0.4, -0.2) is 26.9 Å². The summed E-state index contributed by atoms with van der Waals surface area (Å²) in [7, 11) is 5.98. The molecule has 2 aromatic rings. The number of hydrogen-bond acceptors (Lipinski definition) is 2. The van der Waals surface area contributed by atoms with Crippen LogP contribution in [0.2, 0.25) is 0 Å². The molecule has 0 saturated carbocycles. The van der Waals surface area contributed by atoms with Crippen molar-refractivity contribution in [2.45, 2.75) is 27.4 Å². The first kappa shape index (κ1) is 17.3. The predicted molar refractivity (Wildman–Crippen MR) is 95.4 cm³/mol. The molecule has 0 aliphatic carbocycles. The van der Waals surface area contributed by atoms with Gasteiger partial charge in [0.05, 0.1) is 13.2 Å². The fraction of sp³-hybridized carbons (Fsp3) is 0.316. The van der Waals surface area contributed by atoms with Crippen LogP contribution in [0.1, 0.15) is 23.6 Å². The molecule has 0 bridgehead atoms. The van der Waals surface area contributed by atoms with E-state index in [-0.39, 0.29) is 5.91 Å². The van der Waals surface area contributed by atoms with E-state index in [1.807, 2.05) is 56.3 Å². The first-order valence-corrected chi connectivity index (χ1v) is 7.75. The third-order valence-corrected chi connectivity index (χ3v) is 3.84.